The highest BCUT2D eigenvalue weighted by molar-refractivity contribution is 6.06. The summed E-state index contributed by atoms with van der Waals surface area (Å²) >= 11 is 0. The number of hydrogen-bond acceptors (Lipinski definition) is 2. The minimum Gasteiger partial charge on any atom is -0.453 e. The minimum atomic E-state index is -0.161. The molecule has 0 atom stereocenters. The fourth-order valence-electron chi connectivity index (χ4n) is 12.3. The van der Waals surface area contributed by atoms with Gasteiger partial charge in [0, 0.05) is 22.0 Å². The van der Waals surface area contributed by atoms with Gasteiger partial charge in [0.2, 0.25) is 0 Å². The van der Waals surface area contributed by atoms with Crippen LogP contribution in [0, 0.1) is 0 Å². The Bertz CT molecular complexity index is 3720. The highest BCUT2D eigenvalue weighted by Crippen LogP contribution is 2.58. The molecular weight excluding hydrogens is 847 g/mol. The molecule has 332 valence electrons. The van der Waals surface area contributed by atoms with Gasteiger partial charge in [-0.1, -0.05) is 216 Å². The summed E-state index contributed by atoms with van der Waals surface area (Å²) in [7, 11) is 0. The molecule has 0 fully saturated rings. The maximum absolute atomic E-state index is 7.04. The Labute approximate surface area is 409 Å². The van der Waals surface area contributed by atoms with Gasteiger partial charge in [-0.15, -0.1) is 0 Å². The molecule has 11 aromatic carbocycles. The second-order valence-electron chi connectivity index (χ2n) is 20.4. The minimum absolute atomic E-state index is 0.161. The molecule has 11 aromatic rings. The number of hydrogen-bond donors (Lipinski definition) is 0. The fraction of sp³-hybridized carbons (Fsp3) is 0.0882. The van der Waals surface area contributed by atoms with Crippen molar-refractivity contribution in [2.24, 2.45) is 0 Å². The number of para-hydroxylation sites is 1. The summed E-state index contributed by atoms with van der Waals surface area (Å²) in [5.41, 5.74) is 22.8. The van der Waals surface area contributed by atoms with Crippen LogP contribution in [0.4, 0.5) is 17.1 Å². The largest absolute Gasteiger partial charge is 0.453 e. The molecule has 0 radical (unpaired) electrons. The Hall–Kier alpha value is -8.46. The van der Waals surface area contributed by atoms with E-state index in [0.717, 1.165) is 61.9 Å². The molecule has 1 heterocycles. The SMILES string of the molecule is CC1(C)c2cc(-c3ccc4c(c3)N(c3c(-c5ccccc5)cccc3-c3ccccc3)c3cc(-c5ccc6c(c5)C(C)(C)c5ccc7ccccc7c5-6)ccc3O4)ccc2-c2c1ccc1ccccc21. The molecule has 1 aliphatic heterocycles. The number of benzene rings is 11. The van der Waals surface area contributed by atoms with Gasteiger partial charge >= 0.3 is 0 Å². The van der Waals surface area contributed by atoms with E-state index in [2.05, 4.69) is 257 Å². The van der Waals surface area contributed by atoms with Crippen molar-refractivity contribution in [2.75, 3.05) is 4.90 Å². The van der Waals surface area contributed by atoms with E-state index in [1.807, 2.05) is 0 Å². The van der Waals surface area contributed by atoms with Crippen molar-refractivity contribution < 1.29 is 4.74 Å². The van der Waals surface area contributed by atoms with Gasteiger partial charge in [-0.2, -0.15) is 0 Å². The molecule has 0 saturated carbocycles. The molecule has 2 nitrogen and oxygen atoms in total. The zero-order chi connectivity index (χ0) is 46.9. The lowest BCUT2D eigenvalue weighted by molar-refractivity contribution is 0.477. The van der Waals surface area contributed by atoms with Crippen LogP contribution >= 0.6 is 0 Å². The van der Waals surface area contributed by atoms with Crippen molar-refractivity contribution >= 4 is 38.6 Å². The van der Waals surface area contributed by atoms with Gasteiger partial charge in [0.05, 0.1) is 17.1 Å². The van der Waals surface area contributed by atoms with Gasteiger partial charge in [-0.3, -0.25) is 0 Å². The summed E-state index contributed by atoms with van der Waals surface area (Å²) in [4.78, 5) is 2.49. The van der Waals surface area contributed by atoms with E-state index in [4.69, 9.17) is 4.74 Å². The van der Waals surface area contributed by atoms with E-state index in [-0.39, 0.29) is 10.8 Å². The maximum Gasteiger partial charge on any atom is 0.151 e. The van der Waals surface area contributed by atoms with Crippen molar-refractivity contribution in [1.82, 2.24) is 0 Å². The molecular formula is C68H49NO. The van der Waals surface area contributed by atoms with Crippen LogP contribution in [0.2, 0.25) is 0 Å². The zero-order valence-corrected chi connectivity index (χ0v) is 39.7. The lowest BCUT2D eigenvalue weighted by Crippen LogP contribution is -2.18. The topological polar surface area (TPSA) is 12.5 Å². The summed E-state index contributed by atoms with van der Waals surface area (Å²) in [6.07, 6.45) is 0. The van der Waals surface area contributed by atoms with Gasteiger partial charge in [0.25, 0.3) is 0 Å². The second kappa shape index (κ2) is 15.0. The first-order valence-electron chi connectivity index (χ1n) is 24.6. The Morgan fingerprint density at radius 3 is 1.20 bits per heavy atom. The molecule has 0 spiro atoms. The second-order valence-corrected chi connectivity index (χ2v) is 20.4. The van der Waals surface area contributed by atoms with E-state index < -0.39 is 0 Å². The molecule has 2 heteroatoms. The van der Waals surface area contributed by atoms with Crippen molar-refractivity contribution in [3.63, 3.8) is 0 Å². The Morgan fingerprint density at radius 1 is 0.314 bits per heavy atom. The normalized spacial score (nSPS) is 14.3. The first-order chi connectivity index (χ1) is 34.2. The first kappa shape index (κ1) is 40.6. The smallest absolute Gasteiger partial charge is 0.151 e. The van der Waals surface area contributed by atoms with Crippen LogP contribution in [0.25, 0.3) is 88.3 Å². The van der Waals surface area contributed by atoms with Crippen LogP contribution in [-0.2, 0) is 10.8 Å². The van der Waals surface area contributed by atoms with Crippen LogP contribution in [-0.4, -0.2) is 0 Å². The molecule has 14 rings (SSSR count). The average Bonchev–Trinajstić information content (AvgIpc) is 3.79. The van der Waals surface area contributed by atoms with Crippen molar-refractivity contribution in [3.05, 3.63) is 247 Å². The van der Waals surface area contributed by atoms with Crippen LogP contribution in [0.5, 0.6) is 11.5 Å². The van der Waals surface area contributed by atoms with Gasteiger partial charge in [0.1, 0.15) is 0 Å². The van der Waals surface area contributed by atoms with Crippen LogP contribution in [0.15, 0.2) is 224 Å². The first-order valence-corrected chi connectivity index (χ1v) is 24.6. The summed E-state index contributed by atoms with van der Waals surface area (Å²) < 4.78 is 7.04. The molecule has 0 unspecified atom stereocenters. The van der Waals surface area contributed by atoms with E-state index in [1.165, 1.54) is 77.2 Å². The Balaban J connectivity index is 0.970. The molecule has 0 N–H and O–H groups in total. The van der Waals surface area contributed by atoms with Crippen LogP contribution < -0.4 is 9.64 Å². The molecule has 0 saturated heterocycles. The highest BCUT2D eigenvalue weighted by atomic mass is 16.5. The number of fused-ring (bicyclic) bond motifs is 12. The third-order valence-electron chi connectivity index (χ3n) is 15.8. The van der Waals surface area contributed by atoms with Gasteiger partial charge in [-0.25, -0.2) is 0 Å². The summed E-state index contributed by atoms with van der Waals surface area (Å²) in [6.45, 7) is 9.51. The van der Waals surface area contributed by atoms with Crippen molar-refractivity contribution in [3.8, 4) is 78.3 Å². The standard InChI is InChI=1S/C68H49NO/c1-67(2)56-34-28-44-20-11-13-22-50(44)64(56)54-32-26-46(38-58(54)67)48-30-36-62-60(40-48)69(66-52(42-16-7-5-8-17-42)24-15-25-53(66)43-18-9-6-10-19-43)61-41-49(31-37-63(61)70-62)47-27-33-55-59(39-47)68(3,4)57-35-29-45-21-12-14-23-51(45)65(55)57/h5-41H,1-4H3. The molecule has 0 aromatic heterocycles. The third-order valence-corrected chi connectivity index (χ3v) is 15.8. The quantitative estimate of drug-likeness (QED) is 0.171. The summed E-state index contributed by atoms with van der Waals surface area (Å²) in [5.74, 6) is 1.63. The molecule has 3 aliphatic rings. The number of rotatable bonds is 5. The highest BCUT2D eigenvalue weighted by Gasteiger charge is 2.39. The monoisotopic (exact) mass is 895 g/mol. The number of anilines is 3. The van der Waals surface area contributed by atoms with E-state index >= 15 is 0 Å². The van der Waals surface area contributed by atoms with Crippen molar-refractivity contribution in [1.29, 1.82) is 0 Å². The molecule has 70 heavy (non-hydrogen) atoms. The molecule has 0 amide bonds. The van der Waals surface area contributed by atoms with Gasteiger partial charge in [0.15, 0.2) is 11.5 Å². The fourth-order valence-corrected chi connectivity index (χ4v) is 12.3. The summed E-state index contributed by atoms with van der Waals surface area (Å²) in [6, 6.07) is 83.0. The van der Waals surface area contributed by atoms with E-state index in [9.17, 15) is 0 Å². The van der Waals surface area contributed by atoms with E-state index in [0.29, 0.717) is 0 Å². The average molecular weight is 896 g/mol. The summed E-state index contributed by atoms with van der Waals surface area (Å²) in [5, 5.41) is 5.18. The van der Waals surface area contributed by atoms with Crippen LogP contribution in [0.3, 0.4) is 0 Å². The van der Waals surface area contributed by atoms with Gasteiger partial charge < -0.3 is 9.64 Å². The molecule has 0 bridgehead atoms. The third kappa shape index (κ3) is 5.93. The Morgan fingerprint density at radius 2 is 0.729 bits per heavy atom. The lowest BCUT2D eigenvalue weighted by atomic mass is 9.81. The number of ether oxygens (including phenoxy) is 1. The maximum atomic E-state index is 7.04. The Kier molecular flexibility index (Phi) is 8.71. The predicted octanol–water partition coefficient (Wildman–Crippen LogP) is 18.8. The van der Waals surface area contributed by atoms with Crippen molar-refractivity contribution in [2.45, 2.75) is 38.5 Å². The predicted molar refractivity (Wildman–Crippen MR) is 293 cm³/mol. The number of nitrogens with zero attached hydrogens (tertiary/aromatic N) is 1. The molecule has 2 aliphatic carbocycles. The van der Waals surface area contributed by atoms with Crippen LogP contribution in [0.1, 0.15) is 49.9 Å². The van der Waals surface area contributed by atoms with Gasteiger partial charge in [-0.05, 0) is 136 Å². The lowest BCUT2D eigenvalue weighted by Gasteiger charge is -2.36. The van der Waals surface area contributed by atoms with E-state index in [1.54, 1.807) is 0 Å². The zero-order valence-electron chi connectivity index (χ0n) is 39.7.